The van der Waals surface area contributed by atoms with Gasteiger partial charge in [-0.05, 0) is 73.0 Å². The van der Waals surface area contributed by atoms with Crippen molar-refractivity contribution in [2.45, 2.75) is 45.9 Å². The lowest BCUT2D eigenvalue weighted by atomic mass is 10.1. The van der Waals surface area contributed by atoms with Crippen LogP contribution in [0.25, 0.3) is 0 Å². The van der Waals surface area contributed by atoms with Crippen LogP contribution in [-0.2, 0) is 22.6 Å². The van der Waals surface area contributed by atoms with Crippen LogP contribution in [0.1, 0.15) is 34.4 Å². The van der Waals surface area contributed by atoms with E-state index in [4.69, 9.17) is 4.74 Å². The smallest absolute Gasteiger partial charge is 0.322 e. The number of ether oxygens (including phenoxy) is 1. The molecule has 6 nitrogen and oxygen atoms in total. The van der Waals surface area contributed by atoms with Crippen molar-refractivity contribution in [3.05, 3.63) is 87.4 Å². The summed E-state index contributed by atoms with van der Waals surface area (Å²) in [6.45, 7) is 5.63. The first-order valence-corrected chi connectivity index (χ1v) is 13.1. The van der Waals surface area contributed by atoms with Crippen LogP contribution in [-0.4, -0.2) is 47.5 Å². The lowest BCUT2D eigenvalue weighted by Crippen LogP contribution is -2.46. The van der Waals surface area contributed by atoms with Crippen molar-refractivity contribution in [1.82, 2.24) is 9.80 Å². The second kappa shape index (κ2) is 12.1. The van der Waals surface area contributed by atoms with Crippen molar-refractivity contribution < 1.29 is 18.7 Å². The van der Waals surface area contributed by atoms with Gasteiger partial charge in [-0.15, -0.1) is 11.3 Å². The van der Waals surface area contributed by atoms with Crippen LogP contribution in [0.2, 0.25) is 0 Å². The molecule has 0 spiro atoms. The van der Waals surface area contributed by atoms with Gasteiger partial charge in [-0.2, -0.15) is 0 Å². The van der Waals surface area contributed by atoms with Gasteiger partial charge in [-0.1, -0.05) is 30.3 Å². The summed E-state index contributed by atoms with van der Waals surface area (Å²) in [5, 5.41) is 4.96. The normalized spacial score (nSPS) is 15.0. The first-order valence-electron chi connectivity index (χ1n) is 12.2. The zero-order valence-corrected chi connectivity index (χ0v) is 21.5. The summed E-state index contributed by atoms with van der Waals surface area (Å²) in [4.78, 5) is 31.3. The largest absolute Gasteiger partial charge is 0.376 e. The van der Waals surface area contributed by atoms with Crippen LogP contribution < -0.4 is 5.32 Å². The van der Waals surface area contributed by atoms with Gasteiger partial charge in [0, 0.05) is 30.3 Å². The number of aryl methyl sites for hydroxylation is 1. The molecule has 1 aliphatic rings. The van der Waals surface area contributed by atoms with E-state index in [2.05, 4.69) is 5.32 Å². The van der Waals surface area contributed by atoms with E-state index in [-0.39, 0.29) is 30.4 Å². The van der Waals surface area contributed by atoms with E-state index in [1.54, 1.807) is 33.3 Å². The van der Waals surface area contributed by atoms with Gasteiger partial charge in [0.05, 0.1) is 12.6 Å². The highest BCUT2D eigenvalue weighted by Gasteiger charge is 2.27. The number of urea groups is 1. The summed E-state index contributed by atoms with van der Waals surface area (Å²) in [6, 6.07) is 15.5. The molecule has 1 aliphatic heterocycles. The molecule has 0 radical (unpaired) electrons. The lowest BCUT2D eigenvalue weighted by Gasteiger charge is -2.29. The van der Waals surface area contributed by atoms with Gasteiger partial charge in [0.1, 0.15) is 12.4 Å². The molecule has 1 saturated heterocycles. The molecular formula is C28H32FN3O3S. The Labute approximate surface area is 215 Å². The number of nitrogens with one attached hydrogen (secondary N) is 1. The quantitative estimate of drug-likeness (QED) is 0.400. The Kier molecular flexibility index (Phi) is 8.72. The van der Waals surface area contributed by atoms with Crippen molar-refractivity contribution >= 4 is 29.0 Å². The molecule has 8 heteroatoms. The zero-order chi connectivity index (χ0) is 25.5. The average Bonchev–Trinajstić information content (AvgIpc) is 3.57. The standard InChI is InChI=1S/C28H32FN3O3S/c1-20-6-3-9-26(21(20)2)30-28(34)32(17-24-7-4-14-35-24)19-27(33)31(18-25-8-5-15-36-25)16-22-10-12-23(29)13-11-22/h3,5-6,8-13,15,24H,4,7,14,16-19H2,1-2H3,(H,30,34). The molecule has 1 fully saturated rings. The number of amides is 3. The van der Waals surface area contributed by atoms with Gasteiger partial charge in [-0.25, -0.2) is 9.18 Å². The maximum atomic E-state index is 13.6. The third-order valence-corrected chi connectivity index (χ3v) is 7.33. The fourth-order valence-corrected chi connectivity index (χ4v) is 4.95. The molecule has 3 amide bonds. The minimum absolute atomic E-state index is 0.0802. The first kappa shape index (κ1) is 25.9. The SMILES string of the molecule is Cc1cccc(NC(=O)N(CC(=O)N(Cc2ccc(F)cc2)Cc2cccs2)CC2CCCO2)c1C. The number of carbonyl (C=O) groups excluding carboxylic acids is 2. The van der Waals surface area contributed by atoms with Crippen LogP contribution in [0.3, 0.4) is 0 Å². The van der Waals surface area contributed by atoms with E-state index in [9.17, 15) is 14.0 Å². The Balaban J connectivity index is 1.52. The summed E-state index contributed by atoms with van der Waals surface area (Å²) in [6.07, 6.45) is 1.71. The number of carbonyl (C=O) groups is 2. The molecule has 3 aromatic rings. The van der Waals surface area contributed by atoms with E-state index in [1.165, 1.54) is 12.1 Å². The highest BCUT2D eigenvalue weighted by Crippen LogP contribution is 2.21. The summed E-state index contributed by atoms with van der Waals surface area (Å²) >= 11 is 1.57. The Morgan fingerprint density at radius 3 is 2.56 bits per heavy atom. The van der Waals surface area contributed by atoms with Gasteiger partial charge < -0.3 is 19.9 Å². The van der Waals surface area contributed by atoms with E-state index in [0.29, 0.717) is 26.2 Å². The Hall–Kier alpha value is -3.23. The number of thiophene rings is 1. The van der Waals surface area contributed by atoms with Crippen LogP contribution in [0.5, 0.6) is 0 Å². The van der Waals surface area contributed by atoms with Gasteiger partial charge in [0.25, 0.3) is 0 Å². The van der Waals surface area contributed by atoms with Crippen LogP contribution in [0, 0.1) is 19.7 Å². The molecule has 1 unspecified atom stereocenters. The zero-order valence-electron chi connectivity index (χ0n) is 20.7. The second-order valence-corrected chi connectivity index (χ2v) is 10.2. The van der Waals surface area contributed by atoms with Crippen molar-refractivity contribution in [2.75, 3.05) is 25.0 Å². The van der Waals surface area contributed by atoms with Crippen molar-refractivity contribution in [3.8, 4) is 0 Å². The van der Waals surface area contributed by atoms with Crippen LogP contribution in [0.4, 0.5) is 14.9 Å². The topological polar surface area (TPSA) is 61.9 Å². The Bertz CT molecular complexity index is 1160. The molecule has 0 bridgehead atoms. The van der Waals surface area contributed by atoms with Gasteiger partial charge in [-0.3, -0.25) is 4.79 Å². The minimum atomic E-state index is -0.328. The molecular weight excluding hydrogens is 477 g/mol. The van der Waals surface area contributed by atoms with E-state index < -0.39 is 0 Å². The number of anilines is 1. The Morgan fingerprint density at radius 1 is 1.06 bits per heavy atom. The molecule has 1 N–H and O–H groups in total. The predicted molar refractivity (Wildman–Crippen MR) is 140 cm³/mol. The van der Waals surface area contributed by atoms with E-state index in [0.717, 1.165) is 40.1 Å². The molecule has 4 rings (SSSR count). The van der Waals surface area contributed by atoms with Crippen LogP contribution >= 0.6 is 11.3 Å². The molecule has 2 aromatic carbocycles. The molecule has 2 heterocycles. The summed E-state index contributed by atoms with van der Waals surface area (Å²) in [5.41, 5.74) is 3.62. The fraction of sp³-hybridized carbons (Fsp3) is 0.357. The second-order valence-electron chi connectivity index (χ2n) is 9.15. The third kappa shape index (κ3) is 6.92. The van der Waals surface area contributed by atoms with Gasteiger partial charge in [0.2, 0.25) is 5.91 Å². The summed E-state index contributed by atoms with van der Waals surface area (Å²) < 4.78 is 19.2. The number of hydrogen-bond acceptors (Lipinski definition) is 4. The summed E-state index contributed by atoms with van der Waals surface area (Å²) in [7, 11) is 0. The highest BCUT2D eigenvalue weighted by atomic mass is 32.1. The van der Waals surface area contributed by atoms with Crippen molar-refractivity contribution in [1.29, 1.82) is 0 Å². The number of halogens is 1. The number of rotatable bonds is 9. The van der Waals surface area contributed by atoms with E-state index in [1.807, 2.05) is 49.6 Å². The number of benzene rings is 2. The van der Waals surface area contributed by atoms with E-state index >= 15 is 0 Å². The predicted octanol–water partition coefficient (Wildman–Crippen LogP) is 5.75. The fourth-order valence-electron chi connectivity index (χ4n) is 4.23. The third-order valence-electron chi connectivity index (χ3n) is 6.47. The minimum Gasteiger partial charge on any atom is -0.376 e. The maximum absolute atomic E-state index is 13.6. The number of nitrogens with zero attached hydrogens (tertiary/aromatic N) is 2. The molecule has 1 aromatic heterocycles. The maximum Gasteiger partial charge on any atom is 0.322 e. The Morgan fingerprint density at radius 2 is 1.86 bits per heavy atom. The summed E-state index contributed by atoms with van der Waals surface area (Å²) in [5.74, 6) is -0.498. The van der Waals surface area contributed by atoms with Gasteiger partial charge >= 0.3 is 6.03 Å². The van der Waals surface area contributed by atoms with Crippen molar-refractivity contribution in [2.24, 2.45) is 0 Å². The average molecular weight is 510 g/mol. The van der Waals surface area contributed by atoms with Crippen LogP contribution in [0.15, 0.2) is 60.0 Å². The van der Waals surface area contributed by atoms with Crippen molar-refractivity contribution in [3.63, 3.8) is 0 Å². The molecule has 190 valence electrons. The number of hydrogen-bond donors (Lipinski definition) is 1. The molecule has 1 atom stereocenters. The lowest BCUT2D eigenvalue weighted by molar-refractivity contribution is -0.133. The highest BCUT2D eigenvalue weighted by molar-refractivity contribution is 7.09. The molecule has 0 saturated carbocycles. The molecule has 0 aliphatic carbocycles. The monoisotopic (exact) mass is 509 g/mol. The first-order chi connectivity index (χ1) is 17.4. The molecule has 36 heavy (non-hydrogen) atoms. The van der Waals surface area contributed by atoms with Gasteiger partial charge in [0.15, 0.2) is 0 Å².